The van der Waals surface area contributed by atoms with Crippen LogP contribution in [0.25, 0.3) is 0 Å². The molecular formula is C23H21FN2O4S. The third-order valence-electron chi connectivity index (χ3n) is 5.03. The molecule has 6 nitrogen and oxygen atoms in total. The van der Waals surface area contributed by atoms with Crippen molar-refractivity contribution in [3.8, 4) is 5.75 Å². The summed E-state index contributed by atoms with van der Waals surface area (Å²) in [5.41, 5.74) is 2.42. The number of halogens is 1. The quantitative estimate of drug-likeness (QED) is 0.636. The van der Waals surface area contributed by atoms with Crippen LogP contribution >= 0.6 is 0 Å². The van der Waals surface area contributed by atoms with Gasteiger partial charge in [-0.1, -0.05) is 24.3 Å². The number of carbonyl (C=O) groups excluding carboxylic acids is 1. The summed E-state index contributed by atoms with van der Waals surface area (Å²) >= 11 is 0. The number of fused-ring (bicyclic) bond motifs is 1. The van der Waals surface area contributed by atoms with Gasteiger partial charge in [-0.15, -0.1) is 0 Å². The van der Waals surface area contributed by atoms with E-state index in [0.29, 0.717) is 24.4 Å². The fourth-order valence-corrected chi connectivity index (χ4v) is 4.85. The molecule has 4 rings (SSSR count). The highest BCUT2D eigenvalue weighted by molar-refractivity contribution is 7.89. The Labute approximate surface area is 180 Å². The minimum Gasteiger partial charge on any atom is -0.484 e. The molecule has 1 N–H and O–H groups in total. The molecule has 0 atom stereocenters. The number of rotatable bonds is 6. The highest BCUT2D eigenvalue weighted by atomic mass is 32.2. The third-order valence-corrected chi connectivity index (χ3v) is 6.89. The number of carbonyl (C=O) groups is 1. The first-order chi connectivity index (χ1) is 14.9. The van der Waals surface area contributed by atoms with Crippen LogP contribution in [0.5, 0.6) is 5.75 Å². The topological polar surface area (TPSA) is 75.7 Å². The molecule has 1 aliphatic heterocycles. The van der Waals surface area contributed by atoms with E-state index < -0.39 is 15.8 Å². The summed E-state index contributed by atoms with van der Waals surface area (Å²) in [5, 5.41) is 2.78. The van der Waals surface area contributed by atoms with Crippen LogP contribution in [-0.2, 0) is 27.8 Å². The van der Waals surface area contributed by atoms with E-state index in [2.05, 4.69) is 5.32 Å². The van der Waals surface area contributed by atoms with E-state index in [9.17, 15) is 17.6 Å². The van der Waals surface area contributed by atoms with Gasteiger partial charge in [-0.2, -0.15) is 4.31 Å². The van der Waals surface area contributed by atoms with Crippen LogP contribution in [0.1, 0.15) is 11.1 Å². The minimum atomic E-state index is -3.74. The number of nitrogens with one attached hydrogen (secondary N) is 1. The lowest BCUT2D eigenvalue weighted by molar-refractivity contribution is -0.118. The van der Waals surface area contributed by atoms with Crippen molar-refractivity contribution in [1.82, 2.24) is 4.31 Å². The molecule has 0 radical (unpaired) electrons. The van der Waals surface area contributed by atoms with Gasteiger partial charge in [-0.05, 0) is 66.1 Å². The molecule has 0 saturated carbocycles. The molecule has 1 heterocycles. The molecule has 160 valence electrons. The number of para-hydroxylation sites is 1. The highest BCUT2D eigenvalue weighted by Crippen LogP contribution is 2.27. The summed E-state index contributed by atoms with van der Waals surface area (Å²) in [6.07, 6.45) is 0.557. The van der Waals surface area contributed by atoms with Crippen molar-refractivity contribution in [2.75, 3.05) is 18.5 Å². The average molecular weight is 440 g/mol. The van der Waals surface area contributed by atoms with Crippen LogP contribution < -0.4 is 10.1 Å². The number of anilines is 1. The summed E-state index contributed by atoms with van der Waals surface area (Å²) in [4.78, 5) is 12.3. The summed E-state index contributed by atoms with van der Waals surface area (Å²) in [5.74, 6) is -0.195. The number of benzene rings is 3. The van der Waals surface area contributed by atoms with Crippen molar-refractivity contribution < 1.29 is 22.3 Å². The number of ether oxygens (including phenoxy) is 1. The lowest BCUT2D eigenvalue weighted by Crippen LogP contribution is -2.36. The molecule has 0 unspecified atom stereocenters. The first kappa shape index (κ1) is 21.0. The van der Waals surface area contributed by atoms with Gasteiger partial charge in [0.2, 0.25) is 10.0 Å². The van der Waals surface area contributed by atoms with Gasteiger partial charge in [-0.25, -0.2) is 12.8 Å². The fourth-order valence-electron chi connectivity index (χ4n) is 3.43. The second kappa shape index (κ2) is 8.87. The van der Waals surface area contributed by atoms with Crippen LogP contribution in [0.4, 0.5) is 10.1 Å². The first-order valence-corrected chi connectivity index (χ1v) is 11.2. The molecule has 8 heteroatoms. The Balaban J connectivity index is 1.44. The van der Waals surface area contributed by atoms with Gasteiger partial charge in [0.15, 0.2) is 6.61 Å². The zero-order valence-electron chi connectivity index (χ0n) is 16.6. The number of amides is 1. The summed E-state index contributed by atoms with van der Waals surface area (Å²) < 4.78 is 45.8. The molecule has 1 aliphatic rings. The normalized spacial score (nSPS) is 14.0. The Kier molecular flexibility index (Phi) is 6.01. The van der Waals surface area contributed by atoms with Gasteiger partial charge in [0, 0.05) is 18.8 Å². The predicted octanol–water partition coefficient (Wildman–Crippen LogP) is 3.59. The van der Waals surface area contributed by atoms with Crippen LogP contribution in [0, 0.1) is 5.82 Å². The second-order valence-corrected chi connectivity index (χ2v) is 9.11. The summed E-state index contributed by atoms with van der Waals surface area (Å²) in [7, 11) is -3.74. The van der Waals surface area contributed by atoms with Crippen LogP contribution in [0.2, 0.25) is 0 Å². The van der Waals surface area contributed by atoms with Crippen molar-refractivity contribution in [3.63, 3.8) is 0 Å². The average Bonchev–Trinajstić information content (AvgIpc) is 2.78. The largest absolute Gasteiger partial charge is 0.484 e. The molecule has 0 saturated heterocycles. The van der Waals surface area contributed by atoms with Gasteiger partial charge >= 0.3 is 0 Å². The molecule has 31 heavy (non-hydrogen) atoms. The van der Waals surface area contributed by atoms with Crippen LogP contribution in [0.3, 0.4) is 0 Å². The first-order valence-electron chi connectivity index (χ1n) is 9.77. The molecule has 3 aromatic rings. The Hall–Kier alpha value is -3.23. The van der Waals surface area contributed by atoms with E-state index >= 15 is 0 Å². The Morgan fingerprint density at radius 2 is 1.74 bits per heavy atom. The lowest BCUT2D eigenvalue weighted by Gasteiger charge is -2.28. The number of hydrogen-bond donors (Lipinski definition) is 1. The molecule has 1 amide bonds. The van der Waals surface area contributed by atoms with Crippen molar-refractivity contribution in [2.24, 2.45) is 0 Å². The Morgan fingerprint density at radius 3 is 2.48 bits per heavy atom. The van der Waals surface area contributed by atoms with Crippen LogP contribution in [0.15, 0.2) is 77.7 Å². The van der Waals surface area contributed by atoms with Crippen molar-refractivity contribution in [1.29, 1.82) is 0 Å². The molecule has 0 spiro atoms. The summed E-state index contributed by atoms with van der Waals surface area (Å²) in [6.45, 7) is 0.384. The summed E-state index contributed by atoms with van der Waals surface area (Å²) in [6, 6.07) is 19.3. The van der Waals surface area contributed by atoms with Gasteiger partial charge < -0.3 is 10.1 Å². The number of sulfonamides is 1. The molecule has 0 aromatic heterocycles. The van der Waals surface area contributed by atoms with Gasteiger partial charge in [0.1, 0.15) is 11.6 Å². The van der Waals surface area contributed by atoms with E-state index in [-0.39, 0.29) is 24.0 Å². The van der Waals surface area contributed by atoms with Gasteiger partial charge in [-0.3, -0.25) is 4.79 Å². The minimum absolute atomic E-state index is 0.0554. The van der Waals surface area contributed by atoms with Gasteiger partial charge in [0.25, 0.3) is 5.91 Å². The molecule has 0 bridgehead atoms. The van der Waals surface area contributed by atoms with E-state index in [1.54, 1.807) is 24.3 Å². The maximum absolute atomic E-state index is 13.2. The van der Waals surface area contributed by atoms with E-state index in [1.165, 1.54) is 16.4 Å². The lowest BCUT2D eigenvalue weighted by atomic mass is 10.0. The zero-order chi connectivity index (χ0) is 21.8. The maximum Gasteiger partial charge on any atom is 0.262 e. The predicted molar refractivity (Wildman–Crippen MR) is 115 cm³/mol. The smallest absolute Gasteiger partial charge is 0.262 e. The monoisotopic (exact) mass is 440 g/mol. The number of nitrogens with zero attached hydrogens (tertiary/aromatic N) is 1. The third kappa shape index (κ3) is 4.92. The Morgan fingerprint density at radius 1 is 1.00 bits per heavy atom. The fraction of sp³-hybridized carbons (Fsp3) is 0.174. The number of hydrogen-bond acceptors (Lipinski definition) is 4. The van der Waals surface area contributed by atoms with Crippen molar-refractivity contribution in [2.45, 2.75) is 17.9 Å². The molecule has 3 aromatic carbocycles. The van der Waals surface area contributed by atoms with E-state index in [1.807, 2.05) is 24.3 Å². The molecule has 0 fully saturated rings. The standard InChI is InChI=1S/C23H21FN2O4S/c24-19-7-10-22(11-8-19)31(28,29)26-13-12-17-6-9-20(14-18(17)15-26)25-23(27)16-30-21-4-2-1-3-5-21/h1-11,14H,12-13,15-16H2,(H,25,27). The van der Waals surface area contributed by atoms with E-state index in [4.69, 9.17) is 4.74 Å². The second-order valence-electron chi connectivity index (χ2n) is 7.18. The van der Waals surface area contributed by atoms with Crippen molar-refractivity contribution >= 4 is 21.6 Å². The molecule has 0 aliphatic carbocycles. The Bertz CT molecular complexity index is 1180. The zero-order valence-corrected chi connectivity index (χ0v) is 17.4. The van der Waals surface area contributed by atoms with Crippen molar-refractivity contribution in [3.05, 3.63) is 89.7 Å². The van der Waals surface area contributed by atoms with Gasteiger partial charge in [0.05, 0.1) is 4.90 Å². The van der Waals surface area contributed by atoms with E-state index in [0.717, 1.165) is 23.3 Å². The van der Waals surface area contributed by atoms with Crippen LogP contribution in [-0.4, -0.2) is 31.8 Å². The SMILES string of the molecule is O=C(COc1ccccc1)Nc1ccc2c(c1)CN(S(=O)(=O)c1ccc(F)cc1)CC2. The molecular weight excluding hydrogens is 419 g/mol. The maximum atomic E-state index is 13.2. The highest BCUT2D eigenvalue weighted by Gasteiger charge is 2.28.